The highest BCUT2D eigenvalue weighted by molar-refractivity contribution is 7.89. The molecular weight excluding hydrogens is 407 g/mol. The lowest BCUT2D eigenvalue weighted by Crippen LogP contribution is -2.48. The Morgan fingerprint density at radius 1 is 1.22 bits per heavy atom. The number of nitrogens with zero attached hydrogens (tertiary/aromatic N) is 1. The third-order valence-electron chi connectivity index (χ3n) is 4.05. The van der Waals surface area contributed by atoms with E-state index in [-0.39, 0.29) is 22.0 Å². The SMILES string of the molecule is CC1Nc2cc(Cl)c(S(N)(=O)=O)cc2C(=O)N1c1ccccc1C(F)(F)F. The van der Waals surface area contributed by atoms with Gasteiger partial charge in [-0.2, -0.15) is 13.2 Å². The maximum absolute atomic E-state index is 13.4. The Morgan fingerprint density at radius 3 is 2.44 bits per heavy atom. The smallest absolute Gasteiger partial charge is 0.364 e. The van der Waals surface area contributed by atoms with E-state index >= 15 is 0 Å². The molecule has 1 atom stereocenters. The molecule has 1 heterocycles. The average molecular weight is 420 g/mol. The summed E-state index contributed by atoms with van der Waals surface area (Å²) in [6.07, 6.45) is -5.52. The molecule has 0 saturated carbocycles. The third kappa shape index (κ3) is 3.47. The first kappa shape index (κ1) is 19.5. The second-order valence-corrected chi connectivity index (χ2v) is 7.82. The van der Waals surface area contributed by atoms with Gasteiger partial charge in [-0.3, -0.25) is 9.69 Å². The molecule has 1 unspecified atom stereocenters. The topological polar surface area (TPSA) is 92.5 Å². The van der Waals surface area contributed by atoms with Crippen molar-refractivity contribution in [1.82, 2.24) is 0 Å². The van der Waals surface area contributed by atoms with Crippen molar-refractivity contribution in [3.8, 4) is 0 Å². The molecule has 0 aliphatic carbocycles. The quantitative estimate of drug-likeness (QED) is 0.780. The standard InChI is InChI=1S/C16H13ClF3N3O3S/c1-8-22-12-7-11(17)14(27(21,25)26)6-9(12)15(24)23(8)13-5-3-2-4-10(13)16(18,19)20/h2-8,22H,1H3,(H2,21,25,26). The molecule has 144 valence electrons. The number of rotatable bonds is 2. The number of halogens is 4. The molecule has 0 radical (unpaired) electrons. The van der Waals surface area contributed by atoms with Crippen LogP contribution in [-0.4, -0.2) is 20.5 Å². The van der Waals surface area contributed by atoms with Crippen LogP contribution in [-0.2, 0) is 16.2 Å². The molecule has 3 N–H and O–H groups in total. The van der Waals surface area contributed by atoms with Crippen LogP contribution in [0.15, 0.2) is 41.3 Å². The molecule has 1 amide bonds. The van der Waals surface area contributed by atoms with E-state index in [9.17, 15) is 26.4 Å². The largest absolute Gasteiger partial charge is 0.418 e. The molecule has 1 aliphatic rings. The van der Waals surface area contributed by atoms with E-state index in [1.807, 2.05) is 0 Å². The van der Waals surface area contributed by atoms with Gasteiger partial charge in [-0.1, -0.05) is 23.7 Å². The van der Waals surface area contributed by atoms with Gasteiger partial charge < -0.3 is 5.32 Å². The zero-order valence-corrected chi connectivity index (χ0v) is 15.3. The minimum Gasteiger partial charge on any atom is -0.364 e. The third-order valence-corrected chi connectivity index (χ3v) is 5.42. The van der Waals surface area contributed by atoms with E-state index in [4.69, 9.17) is 16.7 Å². The van der Waals surface area contributed by atoms with Gasteiger partial charge in [-0.25, -0.2) is 13.6 Å². The molecule has 3 rings (SSSR count). The number of para-hydroxylation sites is 1. The lowest BCUT2D eigenvalue weighted by atomic mass is 10.0. The van der Waals surface area contributed by atoms with Crippen molar-refractivity contribution in [2.24, 2.45) is 5.14 Å². The minimum absolute atomic E-state index is 0.154. The average Bonchev–Trinajstić information content (AvgIpc) is 2.52. The molecule has 0 aromatic heterocycles. The number of hydrogen-bond acceptors (Lipinski definition) is 4. The molecule has 0 fully saturated rings. The second-order valence-electron chi connectivity index (χ2n) is 5.88. The fourth-order valence-electron chi connectivity index (χ4n) is 2.90. The Morgan fingerprint density at radius 2 is 1.85 bits per heavy atom. The van der Waals surface area contributed by atoms with Gasteiger partial charge in [0.2, 0.25) is 10.0 Å². The molecule has 2 aromatic rings. The lowest BCUT2D eigenvalue weighted by Gasteiger charge is -2.37. The van der Waals surface area contributed by atoms with Gasteiger partial charge >= 0.3 is 6.18 Å². The van der Waals surface area contributed by atoms with Gasteiger partial charge in [0.25, 0.3) is 5.91 Å². The molecule has 1 aliphatic heterocycles. The van der Waals surface area contributed by atoms with Gasteiger partial charge in [0.1, 0.15) is 11.1 Å². The summed E-state index contributed by atoms with van der Waals surface area (Å²) >= 11 is 5.91. The normalized spacial score (nSPS) is 17.5. The van der Waals surface area contributed by atoms with Gasteiger partial charge in [0.05, 0.1) is 27.5 Å². The highest BCUT2D eigenvalue weighted by Gasteiger charge is 2.39. The predicted molar refractivity (Wildman–Crippen MR) is 94.2 cm³/mol. The summed E-state index contributed by atoms with van der Waals surface area (Å²) < 4.78 is 63.4. The van der Waals surface area contributed by atoms with E-state index in [1.54, 1.807) is 0 Å². The maximum atomic E-state index is 13.4. The Balaban J connectivity index is 2.18. The zero-order chi connectivity index (χ0) is 20.1. The van der Waals surface area contributed by atoms with Crippen molar-refractivity contribution >= 4 is 38.9 Å². The summed E-state index contributed by atoms with van der Waals surface area (Å²) in [6.45, 7) is 1.50. The van der Waals surface area contributed by atoms with Gasteiger partial charge in [0, 0.05) is 0 Å². The number of benzene rings is 2. The first-order valence-electron chi connectivity index (χ1n) is 7.54. The molecule has 2 aromatic carbocycles. The summed E-state index contributed by atoms with van der Waals surface area (Å²) in [4.78, 5) is 13.4. The van der Waals surface area contributed by atoms with Crippen molar-refractivity contribution in [3.63, 3.8) is 0 Å². The number of alkyl halides is 3. The van der Waals surface area contributed by atoms with Crippen molar-refractivity contribution in [2.75, 3.05) is 10.2 Å². The number of amides is 1. The second kappa shape index (κ2) is 6.39. The highest BCUT2D eigenvalue weighted by Crippen LogP contribution is 2.40. The van der Waals surface area contributed by atoms with Crippen LogP contribution in [0.4, 0.5) is 24.5 Å². The van der Waals surface area contributed by atoms with Crippen molar-refractivity contribution in [1.29, 1.82) is 0 Å². The van der Waals surface area contributed by atoms with E-state index in [2.05, 4.69) is 5.32 Å². The monoisotopic (exact) mass is 419 g/mol. The van der Waals surface area contributed by atoms with Crippen molar-refractivity contribution in [2.45, 2.75) is 24.2 Å². The number of anilines is 2. The van der Waals surface area contributed by atoms with Crippen LogP contribution in [0.1, 0.15) is 22.8 Å². The molecular formula is C16H13ClF3N3O3S. The number of carbonyl (C=O) groups excluding carboxylic acids is 1. The molecule has 0 bridgehead atoms. The van der Waals surface area contributed by atoms with Gasteiger partial charge in [0.15, 0.2) is 0 Å². The van der Waals surface area contributed by atoms with Crippen LogP contribution in [0.3, 0.4) is 0 Å². The molecule has 27 heavy (non-hydrogen) atoms. The maximum Gasteiger partial charge on any atom is 0.418 e. The fraction of sp³-hybridized carbons (Fsp3) is 0.188. The van der Waals surface area contributed by atoms with Crippen LogP contribution < -0.4 is 15.4 Å². The Labute approximate surface area is 157 Å². The minimum atomic E-state index is -4.68. The summed E-state index contributed by atoms with van der Waals surface area (Å²) in [5, 5.41) is 7.74. The molecule has 11 heteroatoms. The number of hydrogen-bond donors (Lipinski definition) is 2. The number of nitrogens with one attached hydrogen (secondary N) is 1. The zero-order valence-electron chi connectivity index (χ0n) is 13.7. The summed E-state index contributed by atoms with van der Waals surface area (Å²) in [5.74, 6) is -0.811. The number of sulfonamides is 1. The summed E-state index contributed by atoms with van der Waals surface area (Å²) in [7, 11) is -4.23. The molecule has 6 nitrogen and oxygen atoms in total. The van der Waals surface area contributed by atoms with Crippen molar-refractivity contribution < 1.29 is 26.4 Å². The molecule has 0 saturated heterocycles. The Hall–Kier alpha value is -2.30. The first-order chi connectivity index (χ1) is 12.4. The number of nitrogens with two attached hydrogens (primary N) is 1. The summed E-state index contributed by atoms with van der Waals surface area (Å²) in [6, 6.07) is 6.78. The number of fused-ring (bicyclic) bond motifs is 1. The fourth-order valence-corrected chi connectivity index (χ4v) is 4.00. The van der Waals surface area contributed by atoms with Crippen LogP contribution in [0, 0.1) is 0 Å². The Kier molecular flexibility index (Phi) is 4.61. The summed E-state index contributed by atoms with van der Waals surface area (Å²) in [5.41, 5.74) is -1.30. The Bertz CT molecular complexity index is 1040. The lowest BCUT2D eigenvalue weighted by molar-refractivity contribution is -0.137. The van der Waals surface area contributed by atoms with E-state index in [0.717, 1.165) is 17.0 Å². The number of carbonyl (C=O) groups is 1. The van der Waals surface area contributed by atoms with Gasteiger partial charge in [-0.15, -0.1) is 0 Å². The van der Waals surface area contributed by atoms with Crippen LogP contribution in [0.25, 0.3) is 0 Å². The first-order valence-corrected chi connectivity index (χ1v) is 9.46. The van der Waals surface area contributed by atoms with E-state index in [1.165, 1.54) is 31.2 Å². The van der Waals surface area contributed by atoms with E-state index < -0.39 is 38.7 Å². The predicted octanol–water partition coefficient (Wildman–Crippen LogP) is 3.42. The van der Waals surface area contributed by atoms with Crippen LogP contribution >= 0.6 is 11.6 Å². The van der Waals surface area contributed by atoms with Crippen molar-refractivity contribution in [3.05, 3.63) is 52.5 Å². The van der Waals surface area contributed by atoms with Crippen LogP contribution in [0.2, 0.25) is 5.02 Å². The van der Waals surface area contributed by atoms with Gasteiger partial charge in [-0.05, 0) is 31.2 Å². The van der Waals surface area contributed by atoms with E-state index in [0.29, 0.717) is 0 Å². The van der Waals surface area contributed by atoms with Crippen LogP contribution in [0.5, 0.6) is 0 Å². The number of primary sulfonamides is 1. The molecule has 0 spiro atoms. The highest BCUT2D eigenvalue weighted by atomic mass is 35.5.